The van der Waals surface area contributed by atoms with Crippen LogP contribution in [0, 0.1) is 5.82 Å². The Bertz CT molecular complexity index is 985. The highest BCUT2D eigenvalue weighted by atomic mass is 19.1. The first kappa shape index (κ1) is 16.4. The van der Waals surface area contributed by atoms with Crippen molar-refractivity contribution in [2.24, 2.45) is 0 Å². The molecule has 3 rings (SSSR count). The second-order valence-corrected chi connectivity index (χ2v) is 5.18. The van der Waals surface area contributed by atoms with E-state index in [1.54, 1.807) is 30.3 Å². The summed E-state index contributed by atoms with van der Waals surface area (Å²) in [4.78, 5) is 30.4. The summed E-state index contributed by atoms with van der Waals surface area (Å²) in [5.74, 6) is -0.447. The summed E-state index contributed by atoms with van der Waals surface area (Å²) in [6, 6.07) is 13.9. The number of halogens is 1. The van der Waals surface area contributed by atoms with Gasteiger partial charge in [-0.15, -0.1) is 0 Å². The van der Waals surface area contributed by atoms with E-state index in [1.807, 2.05) is 0 Å². The molecule has 0 unspecified atom stereocenters. The van der Waals surface area contributed by atoms with Gasteiger partial charge in [0, 0.05) is 11.3 Å². The third-order valence-electron chi connectivity index (χ3n) is 3.44. The zero-order valence-corrected chi connectivity index (χ0v) is 13.2. The fourth-order valence-corrected chi connectivity index (χ4v) is 2.27. The monoisotopic (exact) mass is 339 g/mol. The molecule has 0 radical (unpaired) electrons. The minimum absolute atomic E-state index is 0.0158. The van der Waals surface area contributed by atoms with Crippen LogP contribution in [0.1, 0.15) is 10.5 Å². The molecule has 2 N–H and O–H groups in total. The third kappa shape index (κ3) is 3.89. The number of hydrogen-bond acceptors (Lipinski definition) is 4. The van der Waals surface area contributed by atoms with Gasteiger partial charge in [-0.2, -0.15) is 4.98 Å². The van der Waals surface area contributed by atoms with E-state index in [0.717, 1.165) is 0 Å². The molecule has 2 aromatic carbocycles. The lowest BCUT2D eigenvalue weighted by Crippen LogP contribution is -2.21. The van der Waals surface area contributed by atoms with Gasteiger partial charge in [-0.1, -0.05) is 18.2 Å². The molecule has 6 nitrogen and oxygen atoms in total. The standard InChI is InChI=1S/C18H14FN3O3/c1-25-14-7-2-4-11(8-14)15-10-16(22-18(24)21-15)17(23)20-13-6-3-5-12(19)9-13/h2-10H,1H3,(H,20,23)(H,21,22,24). The number of carbonyl (C=O) groups excluding carboxylic acids is 1. The minimum Gasteiger partial charge on any atom is -0.497 e. The Labute approximate surface area is 142 Å². The van der Waals surface area contributed by atoms with Crippen LogP contribution >= 0.6 is 0 Å². The molecule has 1 amide bonds. The van der Waals surface area contributed by atoms with E-state index in [-0.39, 0.29) is 11.4 Å². The first-order chi connectivity index (χ1) is 12.0. The molecule has 1 aromatic heterocycles. The van der Waals surface area contributed by atoms with Gasteiger partial charge in [0.2, 0.25) is 0 Å². The fourth-order valence-electron chi connectivity index (χ4n) is 2.27. The number of H-pyrrole nitrogens is 1. The van der Waals surface area contributed by atoms with Crippen molar-refractivity contribution < 1.29 is 13.9 Å². The molecular weight excluding hydrogens is 325 g/mol. The van der Waals surface area contributed by atoms with Crippen LogP contribution in [0.15, 0.2) is 59.4 Å². The van der Waals surface area contributed by atoms with Crippen LogP contribution in [0.4, 0.5) is 10.1 Å². The lowest BCUT2D eigenvalue weighted by Gasteiger charge is -2.07. The molecule has 0 saturated heterocycles. The van der Waals surface area contributed by atoms with Crippen molar-refractivity contribution in [3.05, 3.63) is 76.6 Å². The minimum atomic E-state index is -0.662. The van der Waals surface area contributed by atoms with E-state index in [1.165, 1.54) is 31.4 Å². The number of rotatable bonds is 4. The number of benzene rings is 2. The maximum Gasteiger partial charge on any atom is 0.346 e. The first-order valence-corrected chi connectivity index (χ1v) is 7.38. The molecule has 1 heterocycles. The first-order valence-electron chi connectivity index (χ1n) is 7.38. The van der Waals surface area contributed by atoms with E-state index >= 15 is 0 Å². The lowest BCUT2D eigenvalue weighted by molar-refractivity contribution is 0.102. The Morgan fingerprint density at radius 2 is 1.96 bits per heavy atom. The van der Waals surface area contributed by atoms with Gasteiger partial charge < -0.3 is 15.0 Å². The number of anilines is 1. The van der Waals surface area contributed by atoms with Crippen LogP contribution in [0.2, 0.25) is 0 Å². The van der Waals surface area contributed by atoms with Gasteiger partial charge in [-0.25, -0.2) is 9.18 Å². The average Bonchev–Trinajstić information content (AvgIpc) is 2.61. The van der Waals surface area contributed by atoms with Crippen molar-refractivity contribution in [3.63, 3.8) is 0 Å². The fraction of sp³-hybridized carbons (Fsp3) is 0.0556. The molecular formula is C18H14FN3O3. The summed E-state index contributed by atoms with van der Waals surface area (Å²) in [5, 5.41) is 2.53. The van der Waals surface area contributed by atoms with Gasteiger partial charge in [0.15, 0.2) is 0 Å². The molecule has 0 aliphatic heterocycles. The van der Waals surface area contributed by atoms with Gasteiger partial charge >= 0.3 is 5.69 Å². The maximum atomic E-state index is 13.2. The van der Waals surface area contributed by atoms with E-state index in [0.29, 0.717) is 17.0 Å². The van der Waals surface area contributed by atoms with Crippen molar-refractivity contribution in [1.29, 1.82) is 0 Å². The van der Waals surface area contributed by atoms with Crippen LogP contribution < -0.4 is 15.7 Å². The molecule has 3 aromatic rings. The van der Waals surface area contributed by atoms with Crippen LogP contribution in [0.3, 0.4) is 0 Å². The van der Waals surface area contributed by atoms with Crippen molar-refractivity contribution >= 4 is 11.6 Å². The smallest absolute Gasteiger partial charge is 0.346 e. The van der Waals surface area contributed by atoms with E-state index in [2.05, 4.69) is 15.3 Å². The van der Waals surface area contributed by atoms with E-state index in [9.17, 15) is 14.0 Å². The maximum absolute atomic E-state index is 13.2. The number of amides is 1. The number of carbonyl (C=O) groups is 1. The quantitative estimate of drug-likeness (QED) is 0.765. The van der Waals surface area contributed by atoms with Crippen molar-refractivity contribution in [3.8, 4) is 17.0 Å². The number of nitrogens with zero attached hydrogens (tertiary/aromatic N) is 1. The van der Waals surface area contributed by atoms with Crippen molar-refractivity contribution in [1.82, 2.24) is 9.97 Å². The Morgan fingerprint density at radius 1 is 1.16 bits per heavy atom. The van der Waals surface area contributed by atoms with E-state index < -0.39 is 17.4 Å². The molecule has 0 spiro atoms. The SMILES string of the molecule is COc1cccc(-c2cc(C(=O)Nc3cccc(F)c3)[nH]c(=O)n2)c1. The Kier molecular flexibility index (Phi) is 4.56. The van der Waals surface area contributed by atoms with Crippen LogP contribution in [-0.2, 0) is 0 Å². The summed E-state index contributed by atoms with van der Waals surface area (Å²) in [6.45, 7) is 0. The largest absolute Gasteiger partial charge is 0.497 e. The second-order valence-electron chi connectivity index (χ2n) is 5.18. The van der Waals surface area contributed by atoms with Crippen LogP contribution in [0.25, 0.3) is 11.3 Å². The zero-order chi connectivity index (χ0) is 17.8. The van der Waals surface area contributed by atoms with Gasteiger partial charge in [-0.05, 0) is 36.4 Å². The van der Waals surface area contributed by atoms with Crippen LogP contribution in [-0.4, -0.2) is 23.0 Å². The summed E-state index contributed by atoms with van der Waals surface area (Å²) >= 11 is 0. The number of aromatic amines is 1. The topological polar surface area (TPSA) is 84.1 Å². The molecule has 7 heteroatoms. The van der Waals surface area contributed by atoms with Gasteiger partial charge in [-0.3, -0.25) is 4.79 Å². The Hall–Kier alpha value is -3.48. The number of nitrogens with one attached hydrogen (secondary N) is 2. The van der Waals surface area contributed by atoms with Crippen molar-refractivity contribution in [2.45, 2.75) is 0 Å². The van der Waals surface area contributed by atoms with Gasteiger partial charge in [0.05, 0.1) is 12.8 Å². The summed E-state index contributed by atoms with van der Waals surface area (Å²) in [6.07, 6.45) is 0. The number of ether oxygens (including phenoxy) is 1. The lowest BCUT2D eigenvalue weighted by atomic mass is 10.1. The summed E-state index contributed by atoms with van der Waals surface area (Å²) in [5.41, 5.74) is 0.592. The average molecular weight is 339 g/mol. The molecule has 0 bridgehead atoms. The molecule has 0 aliphatic rings. The number of methoxy groups -OCH3 is 1. The molecule has 0 fully saturated rings. The Balaban J connectivity index is 1.93. The van der Waals surface area contributed by atoms with Gasteiger partial charge in [0.1, 0.15) is 17.3 Å². The molecule has 126 valence electrons. The summed E-state index contributed by atoms with van der Waals surface area (Å²) in [7, 11) is 1.53. The third-order valence-corrected chi connectivity index (χ3v) is 3.44. The summed E-state index contributed by atoms with van der Waals surface area (Å²) < 4.78 is 18.4. The predicted octanol–water partition coefficient (Wildman–Crippen LogP) is 2.84. The van der Waals surface area contributed by atoms with E-state index in [4.69, 9.17) is 4.74 Å². The van der Waals surface area contributed by atoms with Crippen molar-refractivity contribution in [2.75, 3.05) is 12.4 Å². The number of aromatic nitrogens is 2. The normalized spacial score (nSPS) is 10.3. The highest BCUT2D eigenvalue weighted by Gasteiger charge is 2.12. The predicted molar refractivity (Wildman–Crippen MR) is 91.2 cm³/mol. The highest BCUT2D eigenvalue weighted by molar-refractivity contribution is 6.03. The molecule has 0 atom stereocenters. The second kappa shape index (κ2) is 6.96. The highest BCUT2D eigenvalue weighted by Crippen LogP contribution is 2.22. The van der Waals surface area contributed by atoms with Gasteiger partial charge in [0.25, 0.3) is 5.91 Å². The molecule has 25 heavy (non-hydrogen) atoms. The molecule has 0 aliphatic carbocycles. The van der Waals surface area contributed by atoms with Crippen LogP contribution in [0.5, 0.6) is 5.75 Å². The Morgan fingerprint density at radius 3 is 2.72 bits per heavy atom. The zero-order valence-electron chi connectivity index (χ0n) is 13.2. The molecule has 0 saturated carbocycles. The number of hydrogen-bond donors (Lipinski definition) is 2.